The molecule has 0 spiro atoms. The van der Waals surface area contributed by atoms with Gasteiger partial charge >= 0.3 is 0 Å². The second-order valence-electron chi connectivity index (χ2n) is 4.16. The maximum Gasteiger partial charge on any atom is 0.0914 e. The molecule has 1 fully saturated rings. The van der Waals surface area contributed by atoms with Crippen molar-refractivity contribution in [1.82, 2.24) is 5.32 Å². The van der Waals surface area contributed by atoms with Crippen LogP contribution >= 0.6 is 0 Å². The molecule has 0 heterocycles. The molecule has 1 aliphatic carbocycles. The molecular weight excluding hydrogens is 190 g/mol. The van der Waals surface area contributed by atoms with E-state index in [1.54, 1.807) is 0 Å². The van der Waals surface area contributed by atoms with Gasteiger partial charge in [0.05, 0.1) is 12.2 Å². The van der Waals surface area contributed by atoms with E-state index < -0.39 is 6.10 Å². The highest BCUT2D eigenvalue weighted by atomic mass is 16.3. The van der Waals surface area contributed by atoms with Gasteiger partial charge in [-0.05, 0) is 18.4 Å². The van der Waals surface area contributed by atoms with Crippen molar-refractivity contribution < 1.29 is 10.2 Å². The van der Waals surface area contributed by atoms with Gasteiger partial charge in [-0.3, -0.25) is 0 Å². The van der Waals surface area contributed by atoms with Crippen LogP contribution in [0.4, 0.5) is 0 Å². The van der Waals surface area contributed by atoms with E-state index in [1.165, 1.54) is 0 Å². The summed E-state index contributed by atoms with van der Waals surface area (Å²) in [7, 11) is 0. The van der Waals surface area contributed by atoms with Crippen molar-refractivity contribution in [2.45, 2.75) is 31.1 Å². The number of hydrogen-bond acceptors (Lipinski definition) is 3. The zero-order chi connectivity index (χ0) is 10.7. The number of nitrogens with one attached hydrogen (secondary N) is 1. The lowest BCUT2D eigenvalue weighted by atomic mass is 9.89. The average molecular weight is 207 g/mol. The minimum atomic E-state index is -0.455. The molecule has 2 rings (SSSR count). The second kappa shape index (κ2) is 4.75. The topological polar surface area (TPSA) is 52.5 Å². The summed E-state index contributed by atoms with van der Waals surface area (Å²) in [4.78, 5) is 0. The van der Waals surface area contributed by atoms with Crippen molar-refractivity contribution in [3.8, 4) is 0 Å². The highest BCUT2D eigenvalue weighted by Crippen LogP contribution is 2.20. The van der Waals surface area contributed by atoms with Gasteiger partial charge in [0.2, 0.25) is 0 Å². The van der Waals surface area contributed by atoms with Crippen LogP contribution in [0.3, 0.4) is 0 Å². The summed E-state index contributed by atoms with van der Waals surface area (Å²) in [5, 5.41) is 22.2. The molecule has 15 heavy (non-hydrogen) atoms. The van der Waals surface area contributed by atoms with E-state index in [1.807, 2.05) is 30.3 Å². The smallest absolute Gasteiger partial charge is 0.0914 e. The molecule has 0 aromatic heterocycles. The maximum atomic E-state index is 9.83. The number of hydrogen-bond donors (Lipinski definition) is 3. The molecule has 0 bridgehead atoms. The molecule has 0 unspecified atom stereocenters. The third kappa shape index (κ3) is 2.78. The summed E-state index contributed by atoms with van der Waals surface area (Å²) in [6.45, 7) is 0.557. The molecule has 3 heteroatoms. The molecule has 0 amide bonds. The Kier molecular flexibility index (Phi) is 3.36. The molecule has 1 aromatic carbocycles. The summed E-state index contributed by atoms with van der Waals surface area (Å²) in [5.74, 6) is 0. The Morgan fingerprint density at radius 3 is 2.53 bits per heavy atom. The molecule has 1 aliphatic rings. The number of aliphatic hydroxyl groups is 2. The van der Waals surface area contributed by atoms with Gasteiger partial charge in [-0.25, -0.2) is 0 Å². The maximum absolute atomic E-state index is 9.83. The largest absolute Gasteiger partial charge is 0.393 e. The monoisotopic (exact) mass is 207 g/mol. The molecule has 3 nitrogen and oxygen atoms in total. The van der Waals surface area contributed by atoms with Gasteiger partial charge in [0, 0.05) is 12.6 Å². The van der Waals surface area contributed by atoms with Crippen LogP contribution in [0.5, 0.6) is 0 Å². The summed E-state index contributed by atoms with van der Waals surface area (Å²) in [6, 6.07) is 9.99. The predicted molar refractivity (Wildman–Crippen MR) is 58.4 cm³/mol. The normalized spacial score (nSPS) is 27.1. The van der Waals surface area contributed by atoms with Crippen molar-refractivity contribution in [1.29, 1.82) is 0 Å². The Morgan fingerprint density at radius 1 is 1.27 bits per heavy atom. The summed E-state index contributed by atoms with van der Waals surface area (Å²) < 4.78 is 0. The lowest BCUT2D eigenvalue weighted by Crippen LogP contribution is -2.45. The average Bonchev–Trinajstić information content (AvgIpc) is 2.23. The van der Waals surface area contributed by atoms with E-state index >= 15 is 0 Å². The van der Waals surface area contributed by atoms with Gasteiger partial charge < -0.3 is 15.5 Å². The van der Waals surface area contributed by atoms with E-state index in [2.05, 4.69) is 5.32 Å². The van der Waals surface area contributed by atoms with Crippen molar-refractivity contribution in [3.05, 3.63) is 35.9 Å². The fourth-order valence-corrected chi connectivity index (χ4v) is 1.83. The second-order valence-corrected chi connectivity index (χ2v) is 4.16. The van der Waals surface area contributed by atoms with Gasteiger partial charge in [-0.15, -0.1) is 0 Å². The van der Waals surface area contributed by atoms with Gasteiger partial charge in [-0.1, -0.05) is 30.3 Å². The fourth-order valence-electron chi connectivity index (χ4n) is 1.83. The molecule has 3 N–H and O–H groups in total. The molecule has 1 saturated carbocycles. The minimum absolute atomic E-state index is 0.142. The van der Waals surface area contributed by atoms with Crippen LogP contribution in [0.15, 0.2) is 30.3 Å². The van der Waals surface area contributed by atoms with Crippen molar-refractivity contribution in [2.24, 2.45) is 0 Å². The Bertz CT molecular complexity index is 296. The van der Waals surface area contributed by atoms with Crippen LogP contribution in [-0.4, -0.2) is 28.9 Å². The van der Waals surface area contributed by atoms with Crippen LogP contribution in [0, 0.1) is 0 Å². The Morgan fingerprint density at radius 2 is 1.93 bits per heavy atom. The first-order valence-electron chi connectivity index (χ1n) is 5.40. The number of benzene rings is 1. The van der Waals surface area contributed by atoms with Gasteiger partial charge in [-0.2, -0.15) is 0 Å². The van der Waals surface area contributed by atoms with Gasteiger partial charge in [0.15, 0.2) is 0 Å². The number of rotatable bonds is 4. The molecular formula is C12H17NO2. The third-order valence-corrected chi connectivity index (χ3v) is 2.90. The quantitative estimate of drug-likeness (QED) is 0.685. The first-order valence-corrected chi connectivity index (χ1v) is 5.40. The van der Waals surface area contributed by atoms with Gasteiger partial charge in [0.25, 0.3) is 0 Å². The fraction of sp³-hybridized carbons (Fsp3) is 0.500. The van der Waals surface area contributed by atoms with Crippen molar-refractivity contribution >= 4 is 0 Å². The molecule has 0 aliphatic heterocycles. The first kappa shape index (κ1) is 10.6. The predicted octanol–water partition coefficient (Wildman–Crippen LogP) is 0.833. The van der Waals surface area contributed by atoms with Gasteiger partial charge in [0.1, 0.15) is 0 Å². The molecule has 1 aromatic rings. The van der Waals surface area contributed by atoms with Crippen LogP contribution in [0.1, 0.15) is 24.5 Å². The van der Waals surface area contributed by atoms with E-state index in [0.29, 0.717) is 12.6 Å². The van der Waals surface area contributed by atoms with E-state index in [9.17, 15) is 5.11 Å². The zero-order valence-corrected chi connectivity index (χ0v) is 8.63. The van der Waals surface area contributed by atoms with Crippen LogP contribution in [0.2, 0.25) is 0 Å². The molecule has 82 valence electrons. The lowest BCUT2D eigenvalue weighted by Gasteiger charge is -2.32. The highest BCUT2D eigenvalue weighted by Gasteiger charge is 2.26. The molecule has 1 atom stereocenters. The standard InChI is InChI=1S/C12H17NO2/c14-11-6-10(7-11)13-8-12(15)9-4-2-1-3-5-9/h1-5,10-15H,6-8H2/t10?,11?,12-/m1/s1. The Labute approximate surface area is 89.8 Å². The molecule has 0 saturated heterocycles. The summed E-state index contributed by atoms with van der Waals surface area (Å²) >= 11 is 0. The first-order chi connectivity index (χ1) is 7.25. The summed E-state index contributed by atoms with van der Waals surface area (Å²) in [5.41, 5.74) is 0.935. The van der Waals surface area contributed by atoms with E-state index in [-0.39, 0.29) is 6.10 Å². The van der Waals surface area contributed by atoms with Crippen molar-refractivity contribution in [3.63, 3.8) is 0 Å². The van der Waals surface area contributed by atoms with Crippen LogP contribution in [0.25, 0.3) is 0 Å². The van der Waals surface area contributed by atoms with Crippen LogP contribution in [-0.2, 0) is 0 Å². The Balaban J connectivity index is 1.75. The Hall–Kier alpha value is -0.900. The zero-order valence-electron chi connectivity index (χ0n) is 8.63. The molecule has 0 radical (unpaired) electrons. The van der Waals surface area contributed by atoms with E-state index in [4.69, 9.17) is 5.11 Å². The third-order valence-electron chi connectivity index (χ3n) is 2.90. The van der Waals surface area contributed by atoms with Crippen LogP contribution < -0.4 is 5.32 Å². The van der Waals surface area contributed by atoms with Crippen molar-refractivity contribution in [2.75, 3.05) is 6.54 Å². The highest BCUT2D eigenvalue weighted by molar-refractivity contribution is 5.17. The lowest BCUT2D eigenvalue weighted by molar-refractivity contribution is 0.0551. The SMILES string of the molecule is OC1CC(NC[C@@H](O)c2ccccc2)C1. The van der Waals surface area contributed by atoms with E-state index in [0.717, 1.165) is 18.4 Å². The minimum Gasteiger partial charge on any atom is -0.393 e. The summed E-state index contributed by atoms with van der Waals surface area (Å²) in [6.07, 6.45) is 1.02. The number of aliphatic hydroxyl groups excluding tert-OH is 2.